The number of urea groups is 1. The molecule has 0 radical (unpaired) electrons. The van der Waals surface area contributed by atoms with Crippen LogP contribution in [-0.4, -0.2) is 57.8 Å². The van der Waals surface area contributed by atoms with Gasteiger partial charge >= 0.3 is 6.03 Å². The van der Waals surface area contributed by atoms with Gasteiger partial charge in [-0.15, -0.1) is 0 Å². The summed E-state index contributed by atoms with van der Waals surface area (Å²) in [5.41, 5.74) is 0.538. The molecule has 2 aliphatic heterocycles. The maximum Gasteiger partial charge on any atom is 0.325 e. The van der Waals surface area contributed by atoms with E-state index in [1.165, 1.54) is 11.2 Å². The third-order valence-electron chi connectivity index (χ3n) is 6.73. The molecule has 0 aromatic carbocycles. The summed E-state index contributed by atoms with van der Waals surface area (Å²) in [5.74, 6) is 0.420. The molecule has 2 saturated heterocycles. The molecule has 2 aromatic rings. The van der Waals surface area contributed by atoms with E-state index in [4.69, 9.17) is 4.42 Å². The molecule has 4 rings (SSSR count). The van der Waals surface area contributed by atoms with Crippen molar-refractivity contribution in [1.82, 2.24) is 20.1 Å². The largest absolute Gasteiger partial charge is 0.469 e. The van der Waals surface area contributed by atoms with Crippen LogP contribution in [0.5, 0.6) is 0 Å². The van der Waals surface area contributed by atoms with E-state index < -0.39 is 5.54 Å². The number of likely N-dealkylation sites (tertiary alicyclic amines) is 1. The van der Waals surface area contributed by atoms with Gasteiger partial charge in [0.05, 0.1) is 11.8 Å². The van der Waals surface area contributed by atoms with Gasteiger partial charge in [0, 0.05) is 37.9 Å². The SMILES string of the molecule is CCC[C@]1(C2CCN(C(=O)c3ccoc3C)CC2)NC(=O)N(CCc2ccccn2)C1=O. The average Bonchev–Trinajstić information content (AvgIpc) is 3.34. The third-order valence-corrected chi connectivity index (χ3v) is 6.73. The molecule has 2 fully saturated rings. The predicted octanol–water partition coefficient (Wildman–Crippen LogP) is 3.17. The lowest BCUT2D eigenvalue weighted by molar-refractivity contribution is -0.134. The number of rotatable bonds is 7. The van der Waals surface area contributed by atoms with Gasteiger partial charge in [-0.1, -0.05) is 19.4 Å². The van der Waals surface area contributed by atoms with E-state index in [1.54, 1.807) is 19.2 Å². The normalized spacial score (nSPS) is 21.8. The summed E-state index contributed by atoms with van der Waals surface area (Å²) >= 11 is 0. The Balaban J connectivity index is 1.44. The number of nitrogens with one attached hydrogen (secondary N) is 1. The summed E-state index contributed by atoms with van der Waals surface area (Å²) in [6.07, 6.45) is 6.48. The molecular weight excluding hydrogens is 408 g/mol. The van der Waals surface area contributed by atoms with E-state index >= 15 is 0 Å². The van der Waals surface area contributed by atoms with Crippen LogP contribution in [0.4, 0.5) is 4.79 Å². The lowest BCUT2D eigenvalue weighted by Crippen LogP contribution is -2.56. The molecule has 0 unspecified atom stereocenters. The number of hydrogen-bond acceptors (Lipinski definition) is 5. The van der Waals surface area contributed by atoms with E-state index in [1.807, 2.05) is 30.0 Å². The topological polar surface area (TPSA) is 95.8 Å². The molecule has 0 aliphatic carbocycles. The Hall–Kier alpha value is -3.16. The van der Waals surface area contributed by atoms with Crippen LogP contribution in [0.3, 0.4) is 0 Å². The first-order valence-electron chi connectivity index (χ1n) is 11.3. The number of nitrogens with zero attached hydrogens (tertiary/aromatic N) is 3. The fourth-order valence-corrected chi connectivity index (χ4v) is 5.02. The van der Waals surface area contributed by atoms with E-state index in [0.717, 1.165) is 12.1 Å². The van der Waals surface area contributed by atoms with Gasteiger partial charge in [0.1, 0.15) is 11.3 Å². The molecule has 0 saturated carbocycles. The number of piperidine rings is 1. The molecule has 4 amide bonds. The number of aromatic nitrogens is 1. The molecule has 2 aliphatic rings. The van der Waals surface area contributed by atoms with Crippen LogP contribution in [0.1, 0.15) is 54.4 Å². The zero-order valence-electron chi connectivity index (χ0n) is 18.7. The Bertz CT molecular complexity index is 981. The van der Waals surface area contributed by atoms with Crippen molar-refractivity contribution < 1.29 is 18.8 Å². The zero-order chi connectivity index (χ0) is 22.7. The van der Waals surface area contributed by atoms with Gasteiger partial charge in [-0.25, -0.2) is 4.79 Å². The second-order valence-corrected chi connectivity index (χ2v) is 8.64. The molecule has 4 heterocycles. The Morgan fingerprint density at radius 3 is 2.66 bits per heavy atom. The van der Waals surface area contributed by atoms with E-state index in [0.29, 0.717) is 56.6 Å². The van der Waals surface area contributed by atoms with Crippen LogP contribution in [0.2, 0.25) is 0 Å². The number of hydrogen-bond donors (Lipinski definition) is 1. The lowest BCUT2D eigenvalue weighted by atomic mass is 9.74. The number of pyridine rings is 1. The quantitative estimate of drug-likeness (QED) is 0.670. The molecule has 2 aromatic heterocycles. The van der Waals surface area contributed by atoms with Crippen molar-refractivity contribution in [1.29, 1.82) is 0 Å². The van der Waals surface area contributed by atoms with E-state index in [-0.39, 0.29) is 23.8 Å². The van der Waals surface area contributed by atoms with Crippen molar-refractivity contribution in [2.45, 2.75) is 51.5 Å². The van der Waals surface area contributed by atoms with Crippen molar-refractivity contribution in [3.63, 3.8) is 0 Å². The van der Waals surface area contributed by atoms with Crippen molar-refractivity contribution >= 4 is 17.8 Å². The fourth-order valence-electron chi connectivity index (χ4n) is 5.02. The minimum atomic E-state index is -0.892. The third kappa shape index (κ3) is 4.01. The summed E-state index contributed by atoms with van der Waals surface area (Å²) in [5, 5.41) is 3.05. The molecule has 8 heteroatoms. The monoisotopic (exact) mass is 438 g/mol. The molecule has 0 bridgehead atoms. The number of carbonyl (C=O) groups excluding carboxylic acids is 3. The molecule has 0 spiro atoms. The van der Waals surface area contributed by atoms with Crippen molar-refractivity contribution in [3.8, 4) is 0 Å². The van der Waals surface area contributed by atoms with Crippen molar-refractivity contribution in [2.24, 2.45) is 5.92 Å². The maximum absolute atomic E-state index is 13.5. The van der Waals surface area contributed by atoms with E-state index in [2.05, 4.69) is 10.3 Å². The number of imide groups is 1. The molecule has 1 atom stereocenters. The van der Waals surface area contributed by atoms with Crippen molar-refractivity contribution in [3.05, 3.63) is 53.7 Å². The minimum Gasteiger partial charge on any atom is -0.469 e. The first-order valence-corrected chi connectivity index (χ1v) is 11.3. The van der Waals surface area contributed by atoms with Crippen LogP contribution in [-0.2, 0) is 11.2 Å². The highest BCUT2D eigenvalue weighted by Crippen LogP contribution is 2.37. The van der Waals surface area contributed by atoms with Crippen molar-refractivity contribution in [2.75, 3.05) is 19.6 Å². The van der Waals surface area contributed by atoms with Gasteiger partial charge in [0.15, 0.2) is 0 Å². The van der Waals surface area contributed by atoms with Gasteiger partial charge < -0.3 is 14.6 Å². The Morgan fingerprint density at radius 1 is 1.25 bits per heavy atom. The highest BCUT2D eigenvalue weighted by Gasteiger charge is 2.55. The Labute approximate surface area is 188 Å². The second kappa shape index (κ2) is 9.14. The molecule has 1 N–H and O–H groups in total. The predicted molar refractivity (Wildman–Crippen MR) is 118 cm³/mol. The minimum absolute atomic E-state index is 0.00625. The molecule has 8 nitrogen and oxygen atoms in total. The summed E-state index contributed by atoms with van der Waals surface area (Å²) < 4.78 is 5.27. The highest BCUT2D eigenvalue weighted by molar-refractivity contribution is 6.07. The average molecular weight is 439 g/mol. The van der Waals surface area contributed by atoms with Gasteiger partial charge in [0.2, 0.25) is 0 Å². The number of furan rings is 1. The lowest BCUT2D eigenvalue weighted by Gasteiger charge is -2.40. The smallest absolute Gasteiger partial charge is 0.325 e. The van der Waals surface area contributed by atoms with Crippen LogP contribution in [0, 0.1) is 12.8 Å². The fraction of sp³-hybridized carbons (Fsp3) is 0.500. The zero-order valence-corrected chi connectivity index (χ0v) is 18.7. The Kier molecular flexibility index (Phi) is 6.30. The second-order valence-electron chi connectivity index (χ2n) is 8.64. The maximum atomic E-state index is 13.5. The van der Waals surface area contributed by atoms with Gasteiger partial charge in [0.25, 0.3) is 11.8 Å². The van der Waals surface area contributed by atoms with E-state index in [9.17, 15) is 14.4 Å². The number of amides is 4. The highest BCUT2D eigenvalue weighted by atomic mass is 16.3. The van der Waals surface area contributed by atoms with Gasteiger partial charge in [-0.3, -0.25) is 19.5 Å². The number of carbonyl (C=O) groups is 3. The molecule has 170 valence electrons. The van der Waals surface area contributed by atoms with Crippen LogP contribution in [0.15, 0.2) is 41.1 Å². The van der Waals surface area contributed by atoms with Crippen LogP contribution < -0.4 is 5.32 Å². The molecular formula is C24H30N4O4. The first-order chi connectivity index (χ1) is 15.5. The molecule has 32 heavy (non-hydrogen) atoms. The summed E-state index contributed by atoms with van der Waals surface area (Å²) in [7, 11) is 0. The summed E-state index contributed by atoms with van der Waals surface area (Å²) in [4.78, 5) is 46.6. The standard InChI is InChI=1S/C24H30N4O4/c1-3-11-24(18-7-13-27(14-8-18)21(29)20-10-16-32-17(20)2)22(30)28(23(31)26-24)15-9-19-6-4-5-12-25-19/h4-6,10,12,16,18H,3,7-9,11,13-15H2,1-2H3,(H,26,31)/t24-/m1/s1. The van der Waals surface area contributed by atoms with Gasteiger partial charge in [-0.2, -0.15) is 0 Å². The van der Waals surface area contributed by atoms with Gasteiger partial charge in [-0.05, 0) is 50.3 Å². The van der Waals surface area contributed by atoms with Crippen LogP contribution >= 0.6 is 0 Å². The first kappa shape index (κ1) is 22.0. The Morgan fingerprint density at radius 2 is 2.03 bits per heavy atom. The summed E-state index contributed by atoms with van der Waals surface area (Å²) in [6.45, 7) is 5.22. The summed E-state index contributed by atoms with van der Waals surface area (Å²) in [6, 6.07) is 7.01. The van der Waals surface area contributed by atoms with Crippen LogP contribution in [0.25, 0.3) is 0 Å². The number of aryl methyl sites for hydroxylation is 1.